The smallest absolute Gasteiger partial charge is 0.327 e. The molecule has 254 valence electrons. The Kier molecular flexibility index (Phi) is 13.5. The molecular weight excluding hydrogens is 628 g/mol. The van der Waals surface area contributed by atoms with Crippen molar-refractivity contribution >= 4 is 35.5 Å². The predicted molar refractivity (Wildman–Crippen MR) is 178 cm³/mol. The Balaban J connectivity index is 2.07. The minimum absolute atomic E-state index is 0.0331. The third-order valence-corrected chi connectivity index (χ3v) is 8.39. The minimum atomic E-state index is -1.21. The summed E-state index contributed by atoms with van der Waals surface area (Å²) in [5.74, 6) is -3.63. The van der Waals surface area contributed by atoms with Crippen molar-refractivity contribution in [3.8, 4) is 11.1 Å². The largest absolute Gasteiger partial charge is 0.480 e. The fraction of sp³-hybridized carbons (Fsp3) is 0.412. The fourth-order valence-corrected chi connectivity index (χ4v) is 6.25. The molecule has 0 saturated carbocycles. The summed E-state index contributed by atoms with van der Waals surface area (Å²) in [6, 6.07) is 12.9. The number of carboxylic acid groups (broad SMARTS) is 1. The van der Waals surface area contributed by atoms with E-state index in [0.29, 0.717) is 24.2 Å². The molecule has 1 aromatic heterocycles. The first kappa shape index (κ1) is 37.2. The van der Waals surface area contributed by atoms with E-state index in [4.69, 9.17) is 5.73 Å². The maximum absolute atomic E-state index is 15.0. The molecule has 47 heavy (non-hydrogen) atoms. The molecule has 0 bridgehead atoms. The van der Waals surface area contributed by atoms with Crippen molar-refractivity contribution in [2.45, 2.75) is 52.7 Å². The lowest BCUT2D eigenvalue weighted by molar-refractivity contribution is -0.140. The standard InChI is InChI=1S/C34H43F2N5O5S/c1-22(42)39-28(33(45)46)20-47-21-31(44)41(14-8-13-38-30(43)17-37)32(34(2,3)4)29-15-24(26-16-25(35)11-12-27(26)36)19-40(29)18-23-9-6-5-7-10-23/h5-7,9-12,15-16,19,28,32H,8,13-14,17-18,20-21,37H2,1-4H3,(H,38,43)(H,39,42)(H,45,46)/t28-,32-/m0/s1. The van der Waals surface area contributed by atoms with Crippen LogP contribution in [0.5, 0.6) is 0 Å². The van der Waals surface area contributed by atoms with E-state index in [0.717, 1.165) is 35.5 Å². The van der Waals surface area contributed by atoms with E-state index in [1.807, 2.05) is 55.7 Å². The normalized spacial score (nSPS) is 12.7. The van der Waals surface area contributed by atoms with Gasteiger partial charge in [0.15, 0.2) is 0 Å². The maximum Gasteiger partial charge on any atom is 0.327 e. The van der Waals surface area contributed by atoms with Gasteiger partial charge in [-0.25, -0.2) is 13.6 Å². The number of carbonyl (C=O) groups excluding carboxylic acids is 3. The Morgan fingerprint density at radius 1 is 1.06 bits per heavy atom. The number of hydrogen-bond acceptors (Lipinski definition) is 6. The van der Waals surface area contributed by atoms with Crippen LogP contribution in [0.25, 0.3) is 11.1 Å². The number of hydrogen-bond donors (Lipinski definition) is 4. The van der Waals surface area contributed by atoms with Crippen LogP contribution in [0.3, 0.4) is 0 Å². The number of aromatic nitrogens is 1. The molecule has 0 saturated heterocycles. The summed E-state index contributed by atoms with van der Waals surface area (Å²) in [6.45, 7) is 7.84. The molecule has 0 unspecified atom stereocenters. The molecule has 2 aromatic carbocycles. The van der Waals surface area contributed by atoms with Gasteiger partial charge >= 0.3 is 5.97 Å². The number of rotatable bonds is 16. The highest BCUT2D eigenvalue weighted by atomic mass is 32.2. The Morgan fingerprint density at radius 2 is 1.77 bits per heavy atom. The molecule has 1 heterocycles. The molecule has 0 aliphatic rings. The van der Waals surface area contributed by atoms with Crippen LogP contribution in [0.2, 0.25) is 0 Å². The lowest BCUT2D eigenvalue weighted by Gasteiger charge is -2.41. The molecule has 2 atom stereocenters. The van der Waals surface area contributed by atoms with Gasteiger partial charge in [0.25, 0.3) is 0 Å². The summed E-state index contributed by atoms with van der Waals surface area (Å²) >= 11 is 1.08. The average molecular weight is 672 g/mol. The lowest BCUT2D eigenvalue weighted by atomic mass is 9.83. The van der Waals surface area contributed by atoms with Gasteiger partial charge in [-0.1, -0.05) is 51.1 Å². The molecular formula is C34H43F2N5O5S. The summed E-state index contributed by atoms with van der Waals surface area (Å²) in [4.78, 5) is 50.7. The summed E-state index contributed by atoms with van der Waals surface area (Å²) in [6.07, 6.45) is 2.14. The van der Waals surface area contributed by atoms with E-state index in [1.54, 1.807) is 17.2 Å². The number of nitrogens with one attached hydrogen (secondary N) is 2. The van der Waals surface area contributed by atoms with E-state index in [1.165, 1.54) is 6.92 Å². The number of halogens is 2. The van der Waals surface area contributed by atoms with Crippen LogP contribution in [-0.4, -0.2) is 75.4 Å². The Bertz CT molecular complexity index is 1540. The summed E-state index contributed by atoms with van der Waals surface area (Å²) in [7, 11) is 0. The number of benzene rings is 2. The van der Waals surface area contributed by atoms with Crippen molar-refractivity contribution in [3.63, 3.8) is 0 Å². The fourth-order valence-electron chi connectivity index (χ4n) is 5.33. The van der Waals surface area contributed by atoms with Crippen molar-refractivity contribution in [2.75, 3.05) is 31.1 Å². The number of carbonyl (C=O) groups is 4. The van der Waals surface area contributed by atoms with E-state index in [-0.39, 0.29) is 48.5 Å². The number of thioether (sulfide) groups is 1. The van der Waals surface area contributed by atoms with Crippen LogP contribution in [0.15, 0.2) is 60.8 Å². The zero-order valence-electron chi connectivity index (χ0n) is 27.1. The van der Waals surface area contributed by atoms with Crippen molar-refractivity contribution in [1.29, 1.82) is 0 Å². The first-order valence-corrected chi connectivity index (χ1v) is 16.4. The van der Waals surface area contributed by atoms with Gasteiger partial charge in [-0.15, -0.1) is 11.8 Å². The lowest BCUT2D eigenvalue weighted by Crippen LogP contribution is -2.45. The SMILES string of the molecule is CC(=O)N[C@@H](CSCC(=O)N(CCCNC(=O)CN)[C@@H](c1cc(-c2cc(F)ccc2F)cn1Cc1ccccc1)C(C)(C)C)C(=O)O. The molecule has 10 nitrogen and oxygen atoms in total. The highest BCUT2D eigenvalue weighted by Crippen LogP contribution is 2.41. The molecule has 3 aromatic rings. The molecule has 0 spiro atoms. The number of aliphatic carboxylic acids is 1. The zero-order valence-corrected chi connectivity index (χ0v) is 27.9. The number of nitrogens with two attached hydrogens (primary N) is 1. The van der Waals surface area contributed by atoms with Crippen molar-refractivity contribution < 1.29 is 33.1 Å². The number of carboxylic acids is 1. The van der Waals surface area contributed by atoms with Crippen molar-refractivity contribution in [2.24, 2.45) is 11.1 Å². The third-order valence-electron chi connectivity index (χ3n) is 7.37. The molecule has 0 radical (unpaired) electrons. The molecule has 5 N–H and O–H groups in total. The molecule has 13 heteroatoms. The van der Waals surface area contributed by atoms with Crippen LogP contribution >= 0.6 is 11.8 Å². The van der Waals surface area contributed by atoms with Gasteiger partial charge in [-0.3, -0.25) is 14.4 Å². The quantitative estimate of drug-likeness (QED) is 0.167. The Morgan fingerprint density at radius 3 is 2.38 bits per heavy atom. The van der Waals surface area contributed by atoms with Crippen molar-refractivity contribution in [1.82, 2.24) is 20.1 Å². The number of nitrogens with zero attached hydrogens (tertiary/aromatic N) is 2. The Labute approximate surface area is 278 Å². The van der Waals surface area contributed by atoms with Gasteiger partial charge in [-0.05, 0) is 41.7 Å². The van der Waals surface area contributed by atoms with Gasteiger partial charge in [0, 0.05) is 55.3 Å². The number of amides is 3. The van der Waals surface area contributed by atoms with Crippen LogP contribution in [0, 0.1) is 17.0 Å². The molecule has 3 amide bonds. The third kappa shape index (κ3) is 10.9. The Hall–Kier alpha value is -4.23. The first-order valence-electron chi connectivity index (χ1n) is 15.2. The highest BCUT2D eigenvalue weighted by molar-refractivity contribution is 8.00. The second kappa shape index (κ2) is 17.1. The summed E-state index contributed by atoms with van der Waals surface area (Å²) < 4.78 is 31.3. The van der Waals surface area contributed by atoms with Gasteiger partial charge in [0.2, 0.25) is 17.7 Å². The van der Waals surface area contributed by atoms with E-state index < -0.39 is 41.0 Å². The van der Waals surface area contributed by atoms with Crippen LogP contribution in [0.1, 0.15) is 51.4 Å². The van der Waals surface area contributed by atoms with Gasteiger partial charge in [-0.2, -0.15) is 0 Å². The summed E-state index contributed by atoms with van der Waals surface area (Å²) in [5.41, 5.74) is 7.02. The second-order valence-electron chi connectivity index (χ2n) is 12.3. The second-order valence-corrected chi connectivity index (χ2v) is 13.3. The van der Waals surface area contributed by atoms with Gasteiger partial charge in [0.05, 0.1) is 18.3 Å². The van der Waals surface area contributed by atoms with Crippen LogP contribution in [-0.2, 0) is 25.7 Å². The first-order chi connectivity index (χ1) is 22.2. The monoisotopic (exact) mass is 671 g/mol. The zero-order chi connectivity index (χ0) is 34.7. The summed E-state index contributed by atoms with van der Waals surface area (Å²) in [5, 5.41) is 14.6. The van der Waals surface area contributed by atoms with Gasteiger partial charge in [0.1, 0.15) is 17.7 Å². The predicted octanol–water partition coefficient (Wildman–Crippen LogP) is 4.18. The highest BCUT2D eigenvalue weighted by Gasteiger charge is 2.37. The van der Waals surface area contributed by atoms with Crippen molar-refractivity contribution in [3.05, 3.63) is 83.7 Å². The molecule has 3 rings (SSSR count). The van der Waals surface area contributed by atoms with E-state index >= 15 is 4.39 Å². The average Bonchev–Trinajstić information content (AvgIpc) is 3.40. The minimum Gasteiger partial charge on any atom is -0.480 e. The maximum atomic E-state index is 15.0. The van der Waals surface area contributed by atoms with Crippen LogP contribution in [0.4, 0.5) is 8.78 Å². The topological polar surface area (TPSA) is 147 Å². The van der Waals surface area contributed by atoms with E-state index in [9.17, 15) is 28.7 Å². The molecule has 0 fully saturated rings. The molecule has 0 aliphatic carbocycles. The van der Waals surface area contributed by atoms with Gasteiger partial charge < -0.3 is 30.9 Å². The molecule has 0 aliphatic heterocycles. The van der Waals surface area contributed by atoms with E-state index in [2.05, 4.69) is 10.6 Å². The van der Waals surface area contributed by atoms with Crippen LogP contribution < -0.4 is 16.4 Å².